The van der Waals surface area contributed by atoms with E-state index in [0.29, 0.717) is 35.3 Å². The van der Waals surface area contributed by atoms with E-state index in [-0.39, 0.29) is 35.2 Å². The molecule has 2 bridgehead atoms. The van der Waals surface area contributed by atoms with Gasteiger partial charge in [-0.25, -0.2) is 0 Å². The zero-order chi connectivity index (χ0) is 23.1. The molecule has 0 radical (unpaired) electrons. The summed E-state index contributed by atoms with van der Waals surface area (Å²) < 4.78 is 11.9. The van der Waals surface area contributed by atoms with Gasteiger partial charge in [0.25, 0.3) is 11.8 Å². The zero-order valence-electron chi connectivity index (χ0n) is 21.0. The van der Waals surface area contributed by atoms with Gasteiger partial charge in [-0.15, -0.1) is 24.2 Å². The number of halogens is 1. The molecule has 3 atom stereocenters. The fourth-order valence-electron chi connectivity index (χ4n) is 6.85. The highest BCUT2D eigenvalue weighted by Crippen LogP contribution is 2.65. The Hall–Kier alpha value is -0.920. The van der Waals surface area contributed by atoms with E-state index in [9.17, 15) is 4.79 Å². The predicted octanol–water partition coefficient (Wildman–Crippen LogP) is 5.84. The molecule has 6 nitrogen and oxygen atoms in total. The number of thioether (sulfide) groups is 1. The van der Waals surface area contributed by atoms with Crippen molar-refractivity contribution in [1.82, 2.24) is 15.8 Å². The van der Waals surface area contributed by atoms with Crippen molar-refractivity contribution in [2.24, 2.45) is 22.7 Å². The number of ether oxygens (including phenoxy) is 1. The summed E-state index contributed by atoms with van der Waals surface area (Å²) >= 11 is 1.76. The molecule has 1 aliphatic heterocycles. The third-order valence-corrected chi connectivity index (χ3v) is 11.1. The monoisotopic (exact) mass is 511 g/mol. The molecule has 192 valence electrons. The first-order chi connectivity index (χ1) is 15.9. The van der Waals surface area contributed by atoms with Gasteiger partial charge in [0.15, 0.2) is 0 Å². The van der Waals surface area contributed by atoms with Crippen LogP contribution in [0.4, 0.5) is 0 Å². The Labute approximate surface area is 214 Å². The minimum absolute atomic E-state index is 0. The van der Waals surface area contributed by atoms with Crippen LogP contribution in [0, 0.1) is 22.7 Å². The summed E-state index contributed by atoms with van der Waals surface area (Å²) in [4.78, 5) is 14.3. The Balaban J connectivity index is 0.00000274. The summed E-state index contributed by atoms with van der Waals surface area (Å²) in [7, 11) is 0. The quantitative estimate of drug-likeness (QED) is 0.478. The summed E-state index contributed by atoms with van der Waals surface area (Å²) in [5, 5.41) is 11.5. The molecule has 1 aromatic rings. The second-order valence-corrected chi connectivity index (χ2v) is 13.0. The van der Waals surface area contributed by atoms with E-state index >= 15 is 0 Å². The maximum absolute atomic E-state index is 13.5. The molecule has 3 saturated carbocycles. The van der Waals surface area contributed by atoms with E-state index in [4.69, 9.17) is 9.26 Å². The molecule has 4 aliphatic rings. The first-order valence-corrected chi connectivity index (χ1v) is 14.1. The molecule has 0 spiro atoms. The van der Waals surface area contributed by atoms with Gasteiger partial charge >= 0.3 is 0 Å². The van der Waals surface area contributed by atoms with Crippen molar-refractivity contribution in [1.29, 1.82) is 0 Å². The fraction of sp³-hybridized carbons (Fsp3) is 0.846. The smallest absolute Gasteiger partial charge is 0.291 e. The van der Waals surface area contributed by atoms with Gasteiger partial charge in [-0.2, -0.15) is 0 Å². The van der Waals surface area contributed by atoms with Crippen molar-refractivity contribution < 1.29 is 14.1 Å². The maximum atomic E-state index is 13.5. The molecule has 5 rings (SSSR count). The summed E-state index contributed by atoms with van der Waals surface area (Å²) in [6.45, 7) is 9.84. The lowest BCUT2D eigenvalue weighted by molar-refractivity contribution is 0.0789. The molecule has 1 amide bonds. The van der Waals surface area contributed by atoms with E-state index in [1.165, 1.54) is 44.9 Å². The van der Waals surface area contributed by atoms with Crippen molar-refractivity contribution in [3.8, 4) is 5.88 Å². The number of hydrogen-bond donors (Lipinski definition) is 2. The van der Waals surface area contributed by atoms with Crippen molar-refractivity contribution in [2.45, 2.75) is 101 Å². The SMILES string of the molecule is CC1(C)[C@@H]2CC[C@@]1(C)[C@@H](NC(=O)c1onc(OCC3CCNCC3)c1SC1CCCCC1)C2.Cl. The van der Waals surface area contributed by atoms with Gasteiger partial charge < -0.3 is 19.9 Å². The topological polar surface area (TPSA) is 76.4 Å². The van der Waals surface area contributed by atoms with Gasteiger partial charge in [-0.3, -0.25) is 4.79 Å². The van der Waals surface area contributed by atoms with Crippen molar-refractivity contribution in [3.05, 3.63) is 5.76 Å². The van der Waals surface area contributed by atoms with Crippen LogP contribution < -0.4 is 15.4 Å². The van der Waals surface area contributed by atoms with Gasteiger partial charge in [0, 0.05) is 11.3 Å². The minimum atomic E-state index is -0.118. The molecule has 0 unspecified atom stereocenters. The van der Waals surface area contributed by atoms with Crippen LogP contribution in [-0.2, 0) is 0 Å². The number of carbonyl (C=O) groups is 1. The molecule has 8 heteroatoms. The zero-order valence-corrected chi connectivity index (χ0v) is 22.6. The Kier molecular flexibility index (Phi) is 8.15. The van der Waals surface area contributed by atoms with Crippen molar-refractivity contribution in [3.63, 3.8) is 0 Å². The van der Waals surface area contributed by atoms with Crippen LogP contribution in [0.3, 0.4) is 0 Å². The molecule has 1 saturated heterocycles. The van der Waals surface area contributed by atoms with E-state index < -0.39 is 0 Å². The molecule has 0 aromatic carbocycles. The first-order valence-electron chi connectivity index (χ1n) is 13.2. The van der Waals surface area contributed by atoms with Gasteiger partial charge in [-0.05, 0) is 85.9 Å². The van der Waals surface area contributed by atoms with E-state index in [0.717, 1.165) is 37.2 Å². The summed E-state index contributed by atoms with van der Waals surface area (Å²) in [5.74, 6) is 1.97. The van der Waals surface area contributed by atoms with Crippen LogP contribution in [0.15, 0.2) is 9.42 Å². The highest BCUT2D eigenvalue weighted by Gasteiger charge is 2.61. The summed E-state index contributed by atoms with van der Waals surface area (Å²) in [6, 6.07) is 0.190. The molecule has 34 heavy (non-hydrogen) atoms. The third kappa shape index (κ3) is 4.86. The number of fused-ring (bicyclic) bond motifs is 2. The van der Waals surface area contributed by atoms with Crippen LogP contribution in [0.2, 0.25) is 0 Å². The van der Waals surface area contributed by atoms with Gasteiger partial charge in [0.1, 0.15) is 4.90 Å². The largest absolute Gasteiger partial charge is 0.474 e. The van der Waals surface area contributed by atoms with Crippen molar-refractivity contribution in [2.75, 3.05) is 19.7 Å². The number of nitrogens with zero attached hydrogens (tertiary/aromatic N) is 1. The molecule has 3 aliphatic carbocycles. The van der Waals surface area contributed by atoms with Crippen LogP contribution in [0.5, 0.6) is 5.88 Å². The standard InChI is InChI=1S/C26H41N3O3S.ClH/c1-25(2)18-9-12-26(25,3)20(15-18)28-23(30)21-22(33-19-7-5-4-6-8-19)24(29-32-21)31-16-17-10-13-27-14-11-17;/h17-20,27H,4-16H2,1-3H3,(H,28,30);1H/t18-,20+,26+;/m1./s1. The predicted molar refractivity (Wildman–Crippen MR) is 138 cm³/mol. The van der Waals surface area contributed by atoms with E-state index in [2.05, 4.69) is 36.6 Å². The lowest BCUT2D eigenvalue weighted by Gasteiger charge is -2.39. The first kappa shape index (κ1) is 26.2. The summed E-state index contributed by atoms with van der Waals surface area (Å²) in [5.41, 5.74) is 0.396. The number of rotatable bonds is 7. The van der Waals surface area contributed by atoms with Crippen LogP contribution in [0.1, 0.15) is 95.5 Å². The molecule has 2 N–H and O–H groups in total. The Morgan fingerprint density at radius 1 is 1.15 bits per heavy atom. The fourth-order valence-corrected chi connectivity index (χ4v) is 8.18. The maximum Gasteiger partial charge on any atom is 0.291 e. The number of aromatic nitrogens is 1. The normalized spacial score (nSPS) is 31.3. The molecule has 4 fully saturated rings. The van der Waals surface area contributed by atoms with Crippen LogP contribution in [-0.4, -0.2) is 42.1 Å². The third-order valence-electron chi connectivity index (χ3n) is 9.68. The second kappa shape index (κ2) is 10.6. The van der Waals surface area contributed by atoms with E-state index in [1.54, 1.807) is 11.8 Å². The number of nitrogens with one attached hydrogen (secondary N) is 2. The number of amides is 1. The Bertz CT molecular complexity index is 850. The highest BCUT2D eigenvalue weighted by atomic mass is 35.5. The molecule has 2 heterocycles. The number of carbonyl (C=O) groups excluding carboxylic acids is 1. The number of hydrogen-bond acceptors (Lipinski definition) is 6. The second-order valence-electron chi connectivity index (χ2n) is 11.7. The Morgan fingerprint density at radius 2 is 1.88 bits per heavy atom. The lowest BCUT2D eigenvalue weighted by atomic mass is 9.69. The van der Waals surface area contributed by atoms with Gasteiger partial charge in [-0.1, -0.05) is 40.0 Å². The highest BCUT2D eigenvalue weighted by molar-refractivity contribution is 8.00. The average molecular weight is 512 g/mol. The average Bonchev–Trinajstić information content (AvgIpc) is 3.38. The Morgan fingerprint density at radius 3 is 2.53 bits per heavy atom. The number of piperidine rings is 1. The van der Waals surface area contributed by atoms with Gasteiger partial charge in [0.2, 0.25) is 5.76 Å². The molecular formula is C26H42ClN3O3S. The minimum Gasteiger partial charge on any atom is -0.474 e. The molecular weight excluding hydrogens is 470 g/mol. The summed E-state index contributed by atoms with van der Waals surface area (Å²) in [6.07, 6.45) is 11.9. The molecule has 1 aromatic heterocycles. The van der Waals surface area contributed by atoms with Crippen molar-refractivity contribution >= 4 is 30.1 Å². The van der Waals surface area contributed by atoms with Crippen LogP contribution in [0.25, 0.3) is 0 Å². The lowest BCUT2D eigenvalue weighted by Crippen LogP contribution is -2.46. The van der Waals surface area contributed by atoms with Crippen LogP contribution >= 0.6 is 24.2 Å². The van der Waals surface area contributed by atoms with E-state index in [1.807, 2.05) is 0 Å². The van der Waals surface area contributed by atoms with Gasteiger partial charge in [0.05, 0.1) is 6.61 Å².